The Kier molecular flexibility index (Phi) is 3.52. The minimum atomic E-state index is 0.296. The summed E-state index contributed by atoms with van der Waals surface area (Å²) in [7, 11) is 0. The number of benzene rings is 1. The third-order valence-electron chi connectivity index (χ3n) is 4.25. The third-order valence-corrected chi connectivity index (χ3v) is 4.25. The highest BCUT2D eigenvalue weighted by Gasteiger charge is 2.29. The monoisotopic (exact) mass is 247 g/mol. The molecule has 18 heavy (non-hydrogen) atoms. The van der Waals surface area contributed by atoms with E-state index >= 15 is 0 Å². The number of hydrogen-bond acceptors (Lipinski definition) is 3. The normalized spacial score (nSPS) is 27.8. The van der Waals surface area contributed by atoms with Crippen molar-refractivity contribution in [1.82, 2.24) is 4.90 Å². The smallest absolute Gasteiger partial charge is 0.122 e. The lowest BCUT2D eigenvalue weighted by molar-refractivity contribution is 0.143. The first kappa shape index (κ1) is 12.0. The molecule has 2 aliphatic heterocycles. The highest BCUT2D eigenvalue weighted by atomic mass is 16.5. The van der Waals surface area contributed by atoms with Gasteiger partial charge < -0.3 is 9.84 Å². The van der Waals surface area contributed by atoms with Crippen molar-refractivity contribution in [3.8, 4) is 5.75 Å². The molecule has 0 saturated carbocycles. The maximum Gasteiger partial charge on any atom is 0.122 e. The van der Waals surface area contributed by atoms with E-state index in [0.29, 0.717) is 18.6 Å². The molecule has 98 valence electrons. The summed E-state index contributed by atoms with van der Waals surface area (Å²) >= 11 is 0. The molecule has 3 rings (SSSR count). The minimum absolute atomic E-state index is 0.296. The Morgan fingerprint density at radius 2 is 2.17 bits per heavy atom. The Morgan fingerprint density at radius 3 is 3.06 bits per heavy atom. The first-order chi connectivity index (χ1) is 8.88. The fraction of sp³-hybridized carbons (Fsp3) is 0.600. The molecule has 1 N–H and O–H groups in total. The number of ether oxygens (including phenoxy) is 1. The standard InChI is InChI=1S/C15H21NO2/c17-11-13-4-3-8-16(13)10-12-7-9-18-15-6-2-1-5-14(12)15/h1-2,5-6,12-13,17H,3-4,7-11H2. The maximum absolute atomic E-state index is 9.39. The summed E-state index contributed by atoms with van der Waals surface area (Å²) in [6, 6.07) is 8.75. The summed E-state index contributed by atoms with van der Waals surface area (Å²) in [5.41, 5.74) is 1.34. The van der Waals surface area contributed by atoms with Gasteiger partial charge in [-0.3, -0.25) is 4.90 Å². The van der Waals surface area contributed by atoms with Crippen LogP contribution in [0.1, 0.15) is 30.7 Å². The van der Waals surface area contributed by atoms with E-state index in [9.17, 15) is 5.11 Å². The summed E-state index contributed by atoms with van der Waals surface area (Å²) in [5.74, 6) is 1.61. The van der Waals surface area contributed by atoms with Crippen molar-refractivity contribution in [1.29, 1.82) is 0 Å². The molecule has 3 nitrogen and oxygen atoms in total. The molecule has 2 unspecified atom stereocenters. The summed E-state index contributed by atoms with van der Waals surface area (Å²) in [5, 5.41) is 9.39. The van der Waals surface area contributed by atoms with E-state index in [-0.39, 0.29) is 0 Å². The minimum Gasteiger partial charge on any atom is -0.493 e. The lowest BCUT2D eigenvalue weighted by atomic mass is 9.92. The van der Waals surface area contributed by atoms with Crippen LogP contribution in [0.15, 0.2) is 24.3 Å². The van der Waals surface area contributed by atoms with Crippen LogP contribution in [0.3, 0.4) is 0 Å². The van der Waals surface area contributed by atoms with Crippen molar-refractivity contribution in [3.63, 3.8) is 0 Å². The first-order valence-electron chi connectivity index (χ1n) is 6.95. The molecule has 0 radical (unpaired) electrons. The molecule has 1 saturated heterocycles. The molecule has 0 bridgehead atoms. The summed E-state index contributed by atoms with van der Waals surface area (Å²) < 4.78 is 5.70. The number of aliphatic hydroxyl groups is 1. The number of rotatable bonds is 3. The van der Waals surface area contributed by atoms with E-state index in [0.717, 1.165) is 38.3 Å². The number of nitrogens with zero attached hydrogens (tertiary/aromatic N) is 1. The molecular weight excluding hydrogens is 226 g/mol. The van der Waals surface area contributed by atoms with Gasteiger partial charge in [0.2, 0.25) is 0 Å². The van der Waals surface area contributed by atoms with Gasteiger partial charge in [-0.2, -0.15) is 0 Å². The van der Waals surface area contributed by atoms with E-state index in [1.54, 1.807) is 0 Å². The van der Waals surface area contributed by atoms with Crippen molar-refractivity contribution in [2.24, 2.45) is 0 Å². The van der Waals surface area contributed by atoms with Gasteiger partial charge in [-0.1, -0.05) is 18.2 Å². The summed E-state index contributed by atoms with van der Waals surface area (Å²) in [6.07, 6.45) is 3.45. The number of fused-ring (bicyclic) bond motifs is 1. The molecule has 1 aromatic rings. The van der Waals surface area contributed by atoms with Crippen LogP contribution in [0.2, 0.25) is 0 Å². The zero-order valence-corrected chi connectivity index (χ0v) is 10.7. The van der Waals surface area contributed by atoms with Gasteiger partial charge in [-0.25, -0.2) is 0 Å². The van der Waals surface area contributed by atoms with Gasteiger partial charge >= 0.3 is 0 Å². The van der Waals surface area contributed by atoms with Crippen molar-refractivity contribution in [3.05, 3.63) is 29.8 Å². The zero-order chi connectivity index (χ0) is 12.4. The van der Waals surface area contributed by atoms with Crippen LogP contribution >= 0.6 is 0 Å². The predicted octanol–water partition coefficient (Wildman–Crippen LogP) is 2.01. The topological polar surface area (TPSA) is 32.7 Å². The second-order valence-corrected chi connectivity index (χ2v) is 5.35. The highest BCUT2D eigenvalue weighted by molar-refractivity contribution is 5.38. The Hall–Kier alpha value is -1.06. The summed E-state index contributed by atoms with van der Waals surface area (Å²) in [4.78, 5) is 2.45. The number of aliphatic hydroxyl groups excluding tert-OH is 1. The molecule has 1 fully saturated rings. The van der Waals surface area contributed by atoms with Crippen LogP contribution in [-0.2, 0) is 0 Å². The van der Waals surface area contributed by atoms with Crippen molar-refractivity contribution < 1.29 is 9.84 Å². The van der Waals surface area contributed by atoms with Gasteiger partial charge in [0, 0.05) is 18.5 Å². The lowest BCUT2D eigenvalue weighted by Crippen LogP contribution is -2.36. The molecule has 2 heterocycles. The maximum atomic E-state index is 9.39. The lowest BCUT2D eigenvalue weighted by Gasteiger charge is -2.31. The highest BCUT2D eigenvalue weighted by Crippen LogP contribution is 2.35. The van der Waals surface area contributed by atoms with Crippen LogP contribution in [0.25, 0.3) is 0 Å². The zero-order valence-electron chi connectivity index (χ0n) is 10.7. The molecular formula is C15H21NO2. The Balaban J connectivity index is 1.74. The third kappa shape index (κ3) is 2.25. The van der Waals surface area contributed by atoms with Gasteiger partial charge in [0.25, 0.3) is 0 Å². The van der Waals surface area contributed by atoms with Gasteiger partial charge in [0.15, 0.2) is 0 Å². The molecule has 0 spiro atoms. The average Bonchev–Trinajstić information content (AvgIpc) is 2.86. The molecule has 0 aromatic heterocycles. The van der Waals surface area contributed by atoms with Crippen LogP contribution in [0.5, 0.6) is 5.75 Å². The van der Waals surface area contributed by atoms with E-state index in [2.05, 4.69) is 23.1 Å². The van der Waals surface area contributed by atoms with E-state index < -0.39 is 0 Å². The van der Waals surface area contributed by atoms with Crippen LogP contribution in [0, 0.1) is 0 Å². The first-order valence-corrected chi connectivity index (χ1v) is 6.95. The van der Waals surface area contributed by atoms with Crippen molar-refractivity contribution >= 4 is 0 Å². The van der Waals surface area contributed by atoms with Crippen molar-refractivity contribution in [2.45, 2.75) is 31.2 Å². The molecule has 0 aliphatic carbocycles. The van der Waals surface area contributed by atoms with E-state index in [4.69, 9.17) is 4.74 Å². The van der Waals surface area contributed by atoms with Gasteiger partial charge in [-0.05, 0) is 37.4 Å². The van der Waals surface area contributed by atoms with Crippen molar-refractivity contribution in [2.75, 3.05) is 26.3 Å². The molecule has 1 aromatic carbocycles. The predicted molar refractivity (Wildman–Crippen MR) is 71.0 cm³/mol. The quantitative estimate of drug-likeness (QED) is 0.887. The Morgan fingerprint density at radius 1 is 1.28 bits per heavy atom. The van der Waals surface area contributed by atoms with E-state index in [1.165, 1.54) is 12.0 Å². The molecule has 0 amide bonds. The van der Waals surface area contributed by atoms with E-state index in [1.807, 2.05) is 6.07 Å². The van der Waals surface area contributed by atoms with Crippen LogP contribution < -0.4 is 4.74 Å². The second kappa shape index (κ2) is 5.29. The van der Waals surface area contributed by atoms with Crippen LogP contribution in [-0.4, -0.2) is 42.4 Å². The Bertz CT molecular complexity index is 407. The van der Waals surface area contributed by atoms with Gasteiger partial charge in [0.05, 0.1) is 13.2 Å². The molecule has 2 aliphatic rings. The van der Waals surface area contributed by atoms with Gasteiger partial charge in [-0.15, -0.1) is 0 Å². The number of likely N-dealkylation sites (tertiary alicyclic amines) is 1. The fourth-order valence-electron chi connectivity index (χ4n) is 3.23. The molecule has 2 atom stereocenters. The van der Waals surface area contributed by atoms with Crippen LogP contribution in [0.4, 0.5) is 0 Å². The largest absolute Gasteiger partial charge is 0.493 e. The fourth-order valence-corrected chi connectivity index (χ4v) is 3.23. The SMILES string of the molecule is OCC1CCCN1CC1CCOc2ccccc21. The summed E-state index contributed by atoms with van der Waals surface area (Å²) in [6.45, 7) is 3.31. The second-order valence-electron chi connectivity index (χ2n) is 5.35. The Labute approximate surface area is 108 Å². The molecule has 3 heteroatoms. The number of para-hydroxylation sites is 1. The average molecular weight is 247 g/mol. The number of hydrogen-bond donors (Lipinski definition) is 1. The van der Waals surface area contributed by atoms with Gasteiger partial charge in [0.1, 0.15) is 5.75 Å².